The lowest BCUT2D eigenvalue weighted by molar-refractivity contribution is -0.128. The first-order valence-electron chi connectivity index (χ1n) is 6.08. The summed E-state index contributed by atoms with van der Waals surface area (Å²) >= 11 is 0. The Kier molecular flexibility index (Phi) is 5.16. The van der Waals surface area contributed by atoms with Gasteiger partial charge < -0.3 is 19.3 Å². The van der Waals surface area contributed by atoms with Crippen molar-refractivity contribution in [1.29, 1.82) is 0 Å². The number of ketones is 1. The van der Waals surface area contributed by atoms with E-state index in [1.807, 2.05) is 0 Å². The molecule has 5 heteroatoms. The minimum atomic E-state index is -1.39. The summed E-state index contributed by atoms with van der Waals surface area (Å²) < 4.78 is 15.7. The fourth-order valence-corrected chi connectivity index (χ4v) is 1.57. The summed E-state index contributed by atoms with van der Waals surface area (Å²) in [4.78, 5) is 11.6. The summed E-state index contributed by atoms with van der Waals surface area (Å²) in [6, 6.07) is 3.44. The zero-order valence-corrected chi connectivity index (χ0v) is 12.4. The fraction of sp³-hybridized carbons (Fsp3) is 0.400. The van der Waals surface area contributed by atoms with Gasteiger partial charge in [-0.3, -0.25) is 4.79 Å². The van der Waals surface area contributed by atoms with Gasteiger partial charge in [-0.25, -0.2) is 0 Å². The van der Waals surface area contributed by atoms with E-state index in [4.69, 9.17) is 14.2 Å². The van der Waals surface area contributed by atoms with Crippen molar-refractivity contribution in [2.24, 2.45) is 0 Å². The lowest BCUT2D eigenvalue weighted by atomic mass is 10.0. The van der Waals surface area contributed by atoms with Crippen LogP contribution in [0.3, 0.4) is 0 Å². The zero-order chi connectivity index (χ0) is 15.3. The second kappa shape index (κ2) is 6.43. The van der Waals surface area contributed by atoms with Crippen LogP contribution in [0.15, 0.2) is 18.2 Å². The molecule has 0 fully saturated rings. The quantitative estimate of drug-likeness (QED) is 0.808. The van der Waals surface area contributed by atoms with Gasteiger partial charge in [-0.05, 0) is 37.6 Å². The van der Waals surface area contributed by atoms with Crippen LogP contribution in [-0.2, 0) is 4.79 Å². The summed E-state index contributed by atoms with van der Waals surface area (Å²) in [5.41, 5.74) is -0.686. The molecule has 0 atom stereocenters. The number of aliphatic hydroxyl groups is 1. The molecule has 1 N–H and O–H groups in total. The molecule has 0 aliphatic carbocycles. The smallest absolute Gasteiger partial charge is 0.203 e. The molecule has 110 valence electrons. The largest absolute Gasteiger partial charge is 0.493 e. The molecule has 5 nitrogen and oxygen atoms in total. The van der Waals surface area contributed by atoms with Crippen LogP contribution in [0.5, 0.6) is 17.2 Å². The summed E-state index contributed by atoms with van der Waals surface area (Å²) in [6.45, 7) is 2.88. The van der Waals surface area contributed by atoms with E-state index >= 15 is 0 Å². The number of ether oxygens (including phenoxy) is 3. The van der Waals surface area contributed by atoms with E-state index < -0.39 is 5.60 Å². The van der Waals surface area contributed by atoms with Crippen LogP contribution < -0.4 is 14.2 Å². The molecule has 0 saturated heterocycles. The summed E-state index contributed by atoms with van der Waals surface area (Å²) in [7, 11) is 4.56. The Morgan fingerprint density at radius 3 is 1.95 bits per heavy atom. The number of methoxy groups -OCH3 is 3. The van der Waals surface area contributed by atoms with Crippen LogP contribution in [0.1, 0.15) is 19.4 Å². The number of hydrogen-bond acceptors (Lipinski definition) is 5. The highest BCUT2D eigenvalue weighted by Crippen LogP contribution is 2.38. The molecule has 1 aromatic rings. The van der Waals surface area contributed by atoms with E-state index in [9.17, 15) is 9.90 Å². The molecule has 20 heavy (non-hydrogen) atoms. The Hall–Kier alpha value is -2.01. The van der Waals surface area contributed by atoms with Gasteiger partial charge in [0.2, 0.25) is 5.75 Å². The molecule has 0 heterocycles. The molecule has 0 aromatic heterocycles. The van der Waals surface area contributed by atoms with Crippen LogP contribution in [0.25, 0.3) is 6.08 Å². The highest BCUT2D eigenvalue weighted by Gasteiger charge is 2.20. The third-order valence-corrected chi connectivity index (χ3v) is 2.72. The monoisotopic (exact) mass is 280 g/mol. The highest BCUT2D eigenvalue weighted by atomic mass is 16.5. The first-order valence-corrected chi connectivity index (χ1v) is 6.08. The second-order valence-corrected chi connectivity index (χ2v) is 4.72. The van der Waals surface area contributed by atoms with Gasteiger partial charge in [0, 0.05) is 0 Å². The average Bonchev–Trinajstić information content (AvgIpc) is 2.42. The van der Waals surface area contributed by atoms with Gasteiger partial charge in [0.05, 0.1) is 21.3 Å². The SMILES string of the molecule is COc1cc(/C=C/C(=O)C(C)(C)O)cc(OC)c1OC. The van der Waals surface area contributed by atoms with E-state index in [1.54, 1.807) is 18.2 Å². The maximum atomic E-state index is 11.6. The number of hydrogen-bond donors (Lipinski definition) is 1. The average molecular weight is 280 g/mol. The number of benzene rings is 1. The van der Waals surface area contributed by atoms with Crippen LogP contribution in [0.4, 0.5) is 0 Å². The van der Waals surface area contributed by atoms with Crippen LogP contribution in [0.2, 0.25) is 0 Å². The molecule has 0 amide bonds. The van der Waals surface area contributed by atoms with Gasteiger partial charge in [0.1, 0.15) is 5.60 Å². The lowest BCUT2D eigenvalue weighted by Gasteiger charge is -2.13. The van der Waals surface area contributed by atoms with Crippen molar-refractivity contribution in [2.45, 2.75) is 19.4 Å². The highest BCUT2D eigenvalue weighted by molar-refractivity contribution is 5.99. The van der Waals surface area contributed by atoms with Gasteiger partial charge in [0.25, 0.3) is 0 Å². The van der Waals surface area contributed by atoms with Crippen LogP contribution >= 0.6 is 0 Å². The summed E-state index contributed by atoms with van der Waals surface area (Å²) in [5.74, 6) is 1.11. The van der Waals surface area contributed by atoms with Crippen molar-refractivity contribution >= 4 is 11.9 Å². The van der Waals surface area contributed by atoms with Crippen molar-refractivity contribution in [3.05, 3.63) is 23.8 Å². The van der Waals surface area contributed by atoms with E-state index in [2.05, 4.69) is 0 Å². The Balaban J connectivity index is 3.14. The molecule has 0 unspecified atom stereocenters. The van der Waals surface area contributed by atoms with Gasteiger partial charge in [-0.15, -0.1) is 0 Å². The molecule has 0 bridgehead atoms. The third kappa shape index (κ3) is 3.74. The van der Waals surface area contributed by atoms with Gasteiger partial charge >= 0.3 is 0 Å². The number of carbonyl (C=O) groups excluding carboxylic acids is 1. The topological polar surface area (TPSA) is 65.0 Å². The molecule has 0 aliphatic rings. The number of carbonyl (C=O) groups is 1. The first-order chi connectivity index (χ1) is 9.33. The predicted molar refractivity (Wildman–Crippen MR) is 76.4 cm³/mol. The molecule has 0 spiro atoms. The molecule has 0 aliphatic heterocycles. The minimum absolute atomic E-state index is 0.383. The minimum Gasteiger partial charge on any atom is -0.493 e. The van der Waals surface area contributed by atoms with E-state index in [-0.39, 0.29) is 5.78 Å². The van der Waals surface area contributed by atoms with Crippen molar-refractivity contribution in [3.63, 3.8) is 0 Å². The maximum Gasteiger partial charge on any atom is 0.203 e. The normalized spacial score (nSPS) is 11.5. The third-order valence-electron chi connectivity index (χ3n) is 2.72. The lowest BCUT2D eigenvalue weighted by Crippen LogP contribution is -2.29. The Morgan fingerprint density at radius 1 is 1.10 bits per heavy atom. The molecule has 1 aromatic carbocycles. The Morgan fingerprint density at radius 2 is 1.60 bits per heavy atom. The van der Waals surface area contributed by atoms with Crippen molar-refractivity contribution in [2.75, 3.05) is 21.3 Å². The molecule has 0 radical (unpaired) electrons. The fourth-order valence-electron chi connectivity index (χ4n) is 1.57. The zero-order valence-electron chi connectivity index (χ0n) is 12.4. The Labute approximate surface area is 118 Å². The maximum absolute atomic E-state index is 11.6. The molecule has 1 rings (SSSR count). The van der Waals surface area contributed by atoms with Crippen molar-refractivity contribution in [1.82, 2.24) is 0 Å². The van der Waals surface area contributed by atoms with E-state index in [1.165, 1.54) is 41.3 Å². The Bertz CT molecular complexity index is 486. The van der Waals surface area contributed by atoms with Crippen LogP contribution in [-0.4, -0.2) is 37.8 Å². The standard InChI is InChI=1S/C15H20O5/c1-15(2,17)13(16)7-6-10-8-11(18-3)14(20-5)12(9-10)19-4/h6-9,17H,1-5H3/b7-6+. The van der Waals surface area contributed by atoms with E-state index in [0.717, 1.165) is 0 Å². The first kappa shape index (κ1) is 16.0. The van der Waals surface area contributed by atoms with Gasteiger partial charge in [-0.1, -0.05) is 6.08 Å². The summed E-state index contributed by atoms with van der Waals surface area (Å²) in [6.07, 6.45) is 2.91. The van der Waals surface area contributed by atoms with Crippen molar-refractivity contribution in [3.8, 4) is 17.2 Å². The molecular weight excluding hydrogens is 260 g/mol. The van der Waals surface area contributed by atoms with E-state index in [0.29, 0.717) is 22.8 Å². The number of rotatable bonds is 6. The molecule has 0 saturated carbocycles. The summed E-state index contributed by atoms with van der Waals surface area (Å²) in [5, 5.41) is 9.58. The second-order valence-electron chi connectivity index (χ2n) is 4.72. The van der Waals surface area contributed by atoms with Gasteiger partial charge in [-0.2, -0.15) is 0 Å². The predicted octanol–water partition coefficient (Wildman–Crippen LogP) is 2.07. The van der Waals surface area contributed by atoms with Gasteiger partial charge in [0.15, 0.2) is 17.3 Å². The van der Waals surface area contributed by atoms with Crippen LogP contribution in [0, 0.1) is 0 Å². The van der Waals surface area contributed by atoms with Crippen molar-refractivity contribution < 1.29 is 24.1 Å². The molecular formula is C15H20O5.